The van der Waals surface area contributed by atoms with Crippen molar-refractivity contribution in [2.24, 2.45) is 0 Å². The molecule has 0 aliphatic carbocycles. The van der Waals surface area contributed by atoms with E-state index in [-0.39, 0.29) is 6.61 Å². The van der Waals surface area contributed by atoms with Crippen molar-refractivity contribution in [3.8, 4) is 0 Å². The highest BCUT2D eigenvalue weighted by Gasteiger charge is 2.46. The number of hydrogen-bond donors (Lipinski definition) is 2. The fourth-order valence-corrected chi connectivity index (χ4v) is 5.23. The topological polar surface area (TPSA) is 87.6 Å². The molecule has 7 nitrogen and oxygen atoms in total. The van der Waals surface area contributed by atoms with Crippen molar-refractivity contribution in [2.45, 2.75) is 38.6 Å². The number of hydrogen-bond acceptors (Lipinski definition) is 5. The average molecular weight is 514 g/mol. The molecule has 1 aliphatic rings. The summed E-state index contributed by atoms with van der Waals surface area (Å²) in [5.74, 6) is 0. The first-order chi connectivity index (χ1) is 18.5. The molecule has 3 aromatic carbocycles. The zero-order chi connectivity index (χ0) is 27.1. The molecule has 7 heteroatoms. The van der Waals surface area contributed by atoms with E-state index in [1.807, 2.05) is 68.4 Å². The number of morpholine rings is 1. The normalized spacial score (nSPS) is 17.9. The van der Waals surface area contributed by atoms with Crippen LogP contribution in [0.25, 0.3) is 0 Å². The summed E-state index contributed by atoms with van der Waals surface area (Å²) in [6, 6.07) is 30.7. The number of H-pyrrole nitrogens is 1. The zero-order valence-electron chi connectivity index (χ0n) is 22.1. The number of ether oxygens (including phenoxy) is 1. The molecule has 0 bridgehead atoms. The van der Waals surface area contributed by atoms with Gasteiger partial charge in [0.1, 0.15) is 0 Å². The predicted molar refractivity (Wildman–Crippen MR) is 149 cm³/mol. The van der Waals surface area contributed by atoms with Gasteiger partial charge in [0.15, 0.2) is 6.23 Å². The molecular formula is C31H35N3O4. The fourth-order valence-electron chi connectivity index (χ4n) is 5.23. The Balaban J connectivity index is 0.00000164. The number of benzene rings is 3. The maximum absolute atomic E-state index is 12.8. The summed E-state index contributed by atoms with van der Waals surface area (Å²) in [5.41, 5.74) is 1.91. The van der Waals surface area contributed by atoms with Crippen molar-refractivity contribution < 1.29 is 9.84 Å². The highest BCUT2D eigenvalue weighted by atomic mass is 16.5. The minimum atomic E-state index is -0.722. The third kappa shape index (κ3) is 5.13. The molecule has 1 aromatic heterocycles. The Kier molecular flexibility index (Phi) is 8.73. The lowest BCUT2D eigenvalue weighted by Gasteiger charge is -2.50. The van der Waals surface area contributed by atoms with Gasteiger partial charge in [-0.1, -0.05) is 105 Å². The van der Waals surface area contributed by atoms with Crippen molar-refractivity contribution in [2.75, 3.05) is 19.7 Å². The number of aryl methyl sites for hydroxylation is 1. The molecule has 0 amide bonds. The van der Waals surface area contributed by atoms with E-state index in [4.69, 9.17) is 4.74 Å². The molecule has 2 unspecified atom stereocenters. The molecule has 38 heavy (non-hydrogen) atoms. The van der Waals surface area contributed by atoms with Gasteiger partial charge in [-0.3, -0.25) is 19.2 Å². The third-order valence-electron chi connectivity index (χ3n) is 6.86. The summed E-state index contributed by atoms with van der Waals surface area (Å²) in [7, 11) is 0. The molecule has 1 aliphatic heterocycles. The smallest absolute Gasteiger partial charge is 0.330 e. The summed E-state index contributed by atoms with van der Waals surface area (Å²) in [4.78, 5) is 29.5. The third-order valence-corrected chi connectivity index (χ3v) is 6.86. The summed E-state index contributed by atoms with van der Waals surface area (Å²) in [5, 5.41) is 10.2. The summed E-state index contributed by atoms with van der Waals surface area (Å²) in [6.07, 6.45) is 0.270. The van der Waals surface area contributed by atoms with E-state index in [2.05, 4.69) is 46.3 Å². The van der Waals surface area contributed by atoms with Crippen molar-refractivity contribution in [1.82, 2.24) is 14.5 Å². The minimum absolute atomic E-state index is 0.210. The first kappa shape index (κ1) is 27.3. The largest absolute Gasteiger partial charge is 0.394 e. The predicted octanol–water partition coefficient (Wildman–Crippen LogP) is 4.06. The highest BCUT2D eigenvalue weighted by molar-refractivity contribution is 5.49. The molecule has 2 atom stereocenters. The van der Waals surface area contributed by atoms with Crippen molar-refractivity contribution in [3.05, 3.63) is 140 Å². The monoisotopic (exact) mass is 513 g/mol. The maximum Gasteiger partial charge on any atom is 0.330 e. The number of nitrogens with one attached hydrogen (secondary N) is 1. The molecule has 5 rings (SSSR count). The lowest BCUT2D eigenvalue weighted by Crippen LogP contribution is -2.58. The SMILES string of the molecule is CC.Cc1cn(C2CN(C(c3ccccc3)(c3ccccc3)c3ccccc3)CC(CO)O2)c(=O)[nH]c1=O. The molecule has 2 N–H and O–H groups in total. The van der Waals surface area contributed by atoms with Crippen LogP contribution in [0.15, 0.2) is 107 Å². The van der Waals surface area contributed by atoms with Gasteiger partial charge in [-0.15, -0.1) is 0 Å². The van der Waals surface area contributed by atoms with Gasteiger partial charge in [0.2, 0.25) is 0 Å². The molecule has 198 valence electrons. The lowest BCUT2D eigenvalue weighted by atomic mass is 9.75. The minimum Gasteiger partial charge on any atom is -0.394 e. The van der Waals surface area contributed by atoms with Crippen LogP contribution >= 0.6 is 0 Å². The van der Waals surface area contributed by atoms with Crippen molar-refractivity contribution in [1.29, 1.82) is 0 Å². The first-order valence-electron chi connectivity index (χ1n) is 13.0. The number of aromatic amines is 1. The van der Waals surface area contributed by atoms with E-state index in [9.17, 15) is 14.7 Å². The van der Waals surface area contributed by atoms with Gasteiger partial charge in [-0.2, -0.15) is 0 Å². The molecular weight excluding hydrogens is 478 g/mol. The summed E-state index contributed by atoms with van der Waals surface area (Å²) in [6.45, 7) is 6.23. The van der Waals surface area contributed by atoms with Gasteiger partial charge in [0, 0.05) is 24.8 Å². The molecule has 4 aromatic rings. The van der Waals surface area contributed by atoms with Gasteiger partial charge < -0.3 is 9.84 Å². The average Bonchev–Trinajstić information content (AvgIpc) is 2.98. The Hall–Kier alpha value is -3.78. The van der Waals surface area contributed by atoms with Crippen LogP contribution in [0.1, 0.15) is 42.3 Å². The number of aromatic nitrogens is 2. The van der Waals surface area contributed by atoms with Gasteiger partial charge in [-0.25, -0.2) is 4.79 Å². The van der Waals surface area contributed by atoms with Crippen LogP contribution in [-0.2, 0) is 10.3 Å². The molecule has 0 spiro atoms. The van der Waals surface area contributed by atoms with Crippen LogP contribution in [0.2, 0.25) is 0 Å². The van der Waals surface area contributed by atoms with Crippen LogP contribution < -0.4 is 11.2 Å². The van der Waals surface area contributed by atoms with E-state index in [1.165, 1.54) is 10.8 Å². The molecule has 1 saturated heterocycles. The maximum atomic E-state index is 12.8. The van der Waals surface area contributed by atoms with Crippen molar-refractivity contribution >= 4 is 0 Å². The molecule has 1 fully saturated rings. The van der Waals surface area contributed by atoms with E-state index in [0.29, 0.717) is 18.7 Å². The first-order valence-corrected chi connectivity index (χ1v) is 13.0. The Morgan fingerprint density at radius 2 is 1.32 bits per heavy atom. The van der Waals surface area contributed by atoms with Crippen LogP contribution in [0, 0.1) is 6.92 Å². The Morgan fingerprint density at radius 3 is 1.76 bits per heavy atom. The van der Waals surface area contributed by atoms with Crippen LogP contribution in [0.5, 0.6) is 0 Å². The van der Waals surface area contributed by atoms with E-state index >= 15 is 0 Å². The number of aliphatic hydroxyl groups excluding tert-OH is 1. The second-order valence-corrected chi connectivity index (χ2v) is 9.09. The molecule has 0 radical (unpaired) electrons. The summed E-state index contributed by atoms with van der Waals surface area (Å²) < 4.78 is 7.59. The Bertz CT molecular complexity index is 1320. The zero-order valence-corrected chi connectivity index (χ0v) is 22.1. The quantitative estimate of drug-likeness (QED) is 0.380. The van der Waals surface area contributed by atoms with Gasteiger partial charge in [-0.05, 0) is 23.6 Å². The van der Waals surface area contributed by atoms with Crippen LogP contribution in [-0.4, -0.2) is 45.4 Å². The Labute approximate surface area is 223 Å². The summed E-state index contributed by atoms with van der Waals surface area (Å²) >= 11 is 0. The standard InChI is InChI=1S/C29H29N3O4.C2H6/c1-21-17-32(28(35)30-27(21)34)26-19-31(18-25(20-33)36-26)29(22-11-5-2-6-12-22,23-13-7-3-8-14-23)24-15-9-4-10-16-24;1-2/h2-17,25-26,33H,18-20H2,1H3,(H,30,34,35);1-2H3. The van der Waals surface area contributed by atoms with E-state index < -0.39 is 29.1 Å². The van der Waals surface area contributed by atoms with Gasteiger partial charge in [0.05, 0.1) is 18.2 Å². The highest BCUT2D eigenvalue weighted by Crippen LogP contribution is 2.44. The number of aliphatic hydroxyl groups is 1. The van der Waals surface area contributed by atoms with Crippen LogP contribution in [0.4, 0.5) is 0 Å². The van der Waals surface area contributed by atoms with E-state index in [1.54, 1.807) is 6.92 Å². The van der Waals surface area contributed by atoms with Gasteiger partial charge in [0.25, 0.3) is 5.56 Å². The van der Waals surface area contributed by atoms with Crippen LogP contribution in [0.3, 0.4) is 0 Å². The van der Waals surface area contributed by atoms with Gasteiger partial charge >= 0.3 is 5.69 Å². The number of rotatable bonds is 6. The number of nitrogens with zero attached hydrogens (tertiary/aromatic N) is 2. The van der Waals surface area contributed by atoms with E-state index in [0.717, 1.165) is 16.7 Å². The fraction of sp³-hybridized carbons (Fsp3) is 0.290. The lowest BCUT2D eigenvalue weighted by molar-refractivity contribution is -0.151. The molecule has 2 heterocycles. The second kappa shape index (κ2) is 12.2. The molecule has 0 saturated carbocycles. The van der Waals surface area contributed by atoms with Crippen molar-refractivity contribution in [3.63, 3.8) is 0 Å². The Morgan fingerprint density at radius 1 is 0.842 bits per heavy atom. The second-order valence-electron chi connectivity index (χ2n) is 9.09.